The van der Waals surface area contributed by atoms with Crippen LogP contribution in [0.3, 0.4) is 0 Å². The van der Waals surface area contributed by atoms with Crippen LogP contribution in [0.4, 0.5) is 10.2 Å². The SMILES string of the molecule is Nc1noc(-c2ccc(Br)o2)c1-c1cccc(Cl)c1F. The number of hydrogen-bond donors (Lipinski definition) is 1. The molecule has 3 rings (SSSR count). The summed E-state index contributed by atoms with van der Waals surface area (Å²) in [7, 11) is 0. The lowest BCUT2D eigenvalue weighted by molar-refractivity contribution is 0.419. The molecule has 2 aromatic heterocycles. The summed E-state index contributed by atoms with van der Waals surface area (Å²) in [6, 6.07) is 7.97. The summed E-state index contributed by atoms with van der Waals surface area (Å²) >= 11 is 8.98. The van der Waals surface area contributed by atoms with Crippen molar-refractivity contribution in [2.24, 2.45) is 0 Å². The van der Waals surface area contributed by atoms with Crippen molar-refractivity contribution in [3.05, 3.63) is 45.8 Å². The van der Waals surface area contributed by atoms with E-state index in [1.807, 2.05) is 0 Å². The van der Waals surface area contributed by atoms with E-state index in [4.69, 9.17) is 26.3 Å². The second kappa shape index (κ2) is 4.96. The van der Waals surface area contributed by atoms with E-state index in [9.17, 15) is 4.39 Å². The van der Waals surface area contributed by atoms with E-state index in [2.05, 4.69) is 21.1 Å². The number of aromatic nitrogens is 1. The fraction of sp³-hybridized carbons (Fsp3) is 0. The maximum atomic E-state index is 14.1. The van der Waals surface area contributed by atoms with Crippen LogP contribution in [0.15, 0.2) is 43.9 Å². The van der Waals surface area contributed by atoms with Gasteiger partial charge >= 0.3 is 0 Å². The Labute approximate surface area is 126 Å². The van der Waals surface area contributed by atoms with Crippen LogP contribution in [0.25, 0.3) is 22.6 Å². The molecule has 1 aromatic carbocycles. The van der Waals surface area contributed by atoms with Crippen LogP contribution in [-0.4, -0.2) is 5.16 Å². The summed E-state index contributed by atoms with van der Waals surface area (Å²) in [6.07, 6.45) is 0. The molecule has 0 bridgehead atoms. The Kier molecular flexibility index (Phi) is 3.27. The van der Waals surface area contributed by atoms with Crippen molar-refractivity contribution in [3.63, 3.8) is 0 Å². The Morgan fingerprint density at radius 2 is 2.05 bits per heavy atom. The molecule has 0 fully saturated rings. The zero-order chi connectivity index (χ0) is 14.3. The Morgan fingerprint density at radius 1 is 1.25 bits per heavy atom. The van der Waals surface area contributed by atoms with Gasteiger partial charge in [-0.05, 0) is 34.1 Å². The van der Waals surface area contributed by atoms with Crippen LogP contribution in [0.1, 0.15) is 0 Å². The zero-order valence-electron chi connectivity index (χ0n) is 9.86. The lowest BCUT2D eigenvalue weighted by atomic mass is 10.0. The van der Waals surface area contributed by atoms with E-state index in [0.717, 1.165) is 0 Å². The molecule has 0 unspecified atom stereocenters. The predicted molar refractivity (Wildman–Crippen MR) is 76.7 cm³/mol. The molecular weight excluding hydrogens is 351 g/mol. The van der Waals surface area contributed by atoms with Crippen LogP contribution in [0.2, 0.25) is 5.02 Å². The molecule has 0 saturated heterocycles. The predicted octanol–water partition coefficient (Wildman–Crippen LogP) is 4.74. The van der Waals surface area contributed by atoms with E-state index in [1.54, 1.807) is 24.3 Å². The standard InChI is InChI=1S/C13H7BrClFN2O2/c14-9-5-4-8(19-9)12-10(13(17)18-20-12)6-2-1-3-7(15)11(6)16/h1-5H,(H2,17,18). The van der Waals surface area contributed by atoms with Crippen LogP contribution in [-0.2, 0) is 0 Å². The number of anilines is 1. The van der Waals surface area contributed by atoms with Crippen LogP contribution >= 0.6 is 27.5 Å². The van der Waals surface area contributed by atoms with Gasteiger partial charge in [0.25, 0.3) is 0 Å². The maximum absolute atomic E-state index is 14.1. The van der Waals surface area contributed by atoms with Gasteiger partial charge in [0.05, 0.1) is 10.6 Å². The topological polar surface area (TPSA) is 65.2 Å². The summed E-state index contributed by atoms with van der Waals surface area (Å²) < 4.78 is 25.2. The number of hydrogen-bond acceptors (Lipinski definition) is 4. The number of nitrogens with two attached hydrogens (primary N) is 1. The Bertz CT molecular complexity index is 785. The average molecular weight is 358 g/mol. The average Bonchev–Trinajstić information content (AvgIpc) is 2.99. The lowest BCUT2D eigenvalue weighted by Gasteiger charge is -2.04. The third-order valence-corrected chi connectivity index (χ3v) is 3.45. The fourth-order valence-corrected chi connectivity index (χ4v) is 2.35. The third-order valence-electron chi connectivity index (χ3n) is 2.74. The lowest BCUT2D eigenvalue weighted by Crippen LogP contribution is -1.92. The first-order valence-corrected chi connectivity index (χ1v) is 6.70. The second-order valence-electron chi connectivity index (χ2n) is 3.98. The van der Waals surface area contributed by atoms with Crippen LogP contribution in [0.5, 0.6) is 0 Å². The first kappa shape index (κ1) is 13.2. The number of halogens is 3. The molecule has 0 saturated carbocycles. The van der Waals surface area contributed by atoms with E-state index < -0.39 is 5.82 Å². The van der Waals surface area contributed by atoms with Gasteiger partial charge in [-0.25, -0.2) is 4.39 Å². The summed E-state index contributed by atoms with van der Waals surface area (Å²) in [5.41, 5.74) is 6.29. The first-order chi connectivity index (χ1) is 9.58. The van der Waals surface area contributed by atoms with Gasteiger partial charge in [0.15, 0.2) is 16.2 Å². The highest BCUT2D eigenvalue weighted by molar-refractivity contribution is 9.10. The van der Waals surface area contributed by atoms with Crippen LogP contribution in [0, 0.1) is 5.82 Å². The number of rotatable bonds is 2. The number of furan rings is 1. The molecule has 102 valence electrons. The quantitative estimate of drug-likeness (QED) is 0.719. The van der Waals surface area contributed by atoms with Crippen molar-refractivity contribution in [2.45, 2.75) is 0 Å². The van der Waals surface area contributed by atoms with Crippen molar-refractivity contribution in [3.8, 4) is 22.6 Å². The van der Waals surface area contributed by atoms with E-state index in [-0.39, 0.29) is 22.2 Å². The number of nitrogens with zero attached hydrogens (tertiary/aromatic N) is 1. The molecule has 0 amide bonds. The minimum Gasteiger partial charge on any atom is -0.446 e. The first-order valence-electron chi connectivity index (χ1n) is 5.53. The van der Waals surface area contributed by atoms with Gasteiger partial charge < -0.3 is 14.7 Å². The summed E-state index contributed by atoms with van der Waals surface area (Å²) in [5, 5.41) is 3.66. The molecule has 4 nitrogen and oxygen atoms in total. The van der Waals surface area contributed by atoms with E-state index in [0.29, 0.717) is 16.0 Å². The maximum Gasteiger partial charge on any atom is 0.212 e. The molecule has 0 aliphatic heterocycles. The van der Waals surface area contributed by atoms with Crippen molar-refractivity contribution in [1.29, 1.82) is 0 Å². The summed E-state index contributed by atoms with van der Waals surface area (Å²) in [6.45, 7) is 0. The number of nitrogen functional groups attached to an aromatic ring is 1. The number of benzene rings is 1. The molecule has 20 heavy (non-hydrogen) atoms. The second-order valence-corrected chi connectivity index (χ2v) is 5.17. The molecule has 2 heterocycles. The normalized spacial score (nSPS) is 10.9. The molecule has 0 spiro atoms. The largest absolute Gasteiger partial charge is 0.446 e. The highest BCUT2D eigenvalue weighted by Gasteiger charge is 2.23. The minimum absolute atomic E-state index is 0.00493. The van der Waals surface area contributed by atoms with Gasteiger partial charge in [0.2, 0.25) is 5.76 Å². The van der Waals surface area contributed by atoms with Crippen molar-refractivity contribution in [2.75, 3.05) is 5.73 Å². The Hall–Kier alpha value is -1.79. The fourth-order valence-electron chi connectivity index (χ4n) is 1.86. The highest BCUT2D eigenvalue weighted by atomic mass is 79.9. The monoisotopic (exact) mass is 356 g/mol. The van der Waals surface area contributed by atoms with Gasteiger partial charge in [0.1, 0.15) is 5.82 Å². The molecule has 0 atom stereocenters. The summed E-state index contributed by atoms with van der Waals surface area (Å²) in [4.78, 5) is 0. The van der Waals surface area contributed by atoms with Gasteiger partial charge in [0, 0.05) is 5.56 Å². The third kappa shape index (κ3) is 2.10. The molecule has 3 aromatic rings. The van der Waals surface area contributed by atoms with Gasteiger partial charge in [-0.15, -0.1) is 0 Å². The Balaban J connectivity index is 2.24. The molecule has 2 N–H and O–H groups in total. The van der Waals surface area contributed by atoms with Crippen molar-refractivity contribution >= 4 is 33.3 Å². The van der Waals surface area contributed by atoms with Gasteiger partial charge in [-0.2, -0.15) is 0 Å². The Morgan fingerprint density at radius 3 is 2.75 bits per heavy atom. The van der Waals surface area contributed by atoms with Gasteiger partial charge in [-0.3, -0.25) is 0 Å². The molecule has 0 aliphatic rings. The zero-order valence-corrected chi connectivity index (χ0v) is 12.2. The smallest absolute Gasteiger partial charge is 0.212 e. The van der Waals surface area contributed by atoms with E-state index in [1.165, 1.54) is 6.07 Å². The van der Waals surface area contributed by atoms with Crippen LogP contribution < -0.4 is 5.73 Å². The molecule has 7 heteroatoms. The molecular formula is C13H7BrClFN2O2. The van der Waals surface area contributed by atoms with E-state index >= 15 is 0 Å². The van der Waals surface area contributed by atoms with Gasteiger partial charge in [-0.1, -0.05) is 28.9 Å². The highest BCUT2D eigenvalue weighted by Crippen LogP contribution is 2.40. The molecule has 0 radical (unpaired) electrons. The summed E-state index contributed by atoms with van der Waals surface area (Å²) in [5.74, 6) is 0.106. The molecule has 0 aliphatic carbocycles. The van der Waals surface area contributed by atoms with Crippen molar-refractivity contribution < 1.29 is 13.3 Å². The minimum atomic E-state index is -0.587. The van der Waals surface area contributed by atoms with Crippen molar-refractivity contribution in [1.82, 2.24) is 5.16 Å².